The Hall–Kier alpha value is -2.29. The van der Waals surface area contributed by atoms with Gasteiger partial charge in [0.15, 0.2) is 0 Å². The van der Waals surface area contributed by atoms with E-state index >= 15 is 0 Å². The van der Waals surface area contributed by atoms with E-state index in [4.69, 9.17) is 14.3 Å². The molecule has 0 amide bonds. The van der Waals surface area contributed by atoms with Crippen LogP contribution in [0.2, 0.25) is 0 Å². The molecule has 21 heavy (non-hydrogen) atoms. The third kappa shape index (κ3) is 6.61. The maximum Gasteiger partial charge on any atom is 0.490 e. The third-order valence-corrected chi connectivity index (χ3v) is 2.21. The number of H-pyrrole nitrogens is 1. The molecule has 0 aromatic carbocycles. The summed E-state index contributed by atoms with van der Waals surface area (Å²) < 4.78 is 37.2. The number of hydrogen-bond donors (Lipinski definition) is 3. The fourth-order valence-corrected chi connectivity index (χ4v) is 1.28. The second-order valence-electron chi connectivity index (χ2n) is 4.00. The summed E-state index contributed by atoms with van der Waals surface area (Å²) in [6, 6.07) is 3.95. The van der Waals surface area contributed by atoms with E-state index in [9.17, 15) is 13.2 Å². The zero-order chi connectivity index (χ0) is 15.9. The summed E-state index contributed by atoms with van der Waals surface area (Å²) >= 11 is 0. The lowest BCUT2D eigenvalue weighted by molar-refractivity contribution is -0.192. The van der Waals surface area contributed by atoms with Gasteiger partial charge in [-0.25, -0.2) is 9.78 Å². The Labute approximate surface area is 118 Å². The number of nitrogens with one attached hydrogen (secondary N) is 2. The Balaban J connectivity index is 0.000000270. The van der Waals surface area contributed by atoms with E-state index in [1.807, 2.05) is 19.1 Å². The van der Waals surface area contributed by atoms with E-state index in [2.05, 4.69) is 15.3 Å². The van der Waals surface area contributed by atoms with Gasteiger partial charge in [-0.2, -0.15) is 13.2 Å². The molecule has 0 fully saturated rings. The van der Waals surface area contributed by atoms with Crippen molar-refractivity contribution in [1.82, 2.24) is 15.3 Å². The average Bonchev–Trinajstić information content (AvgIpc) is 3.01. The first kappa shape index (κ1) is 16.8. The number of aromatic amines is 1. The molecule has 0 spiro atoms. The normalized spacial score (nSPS) is 10.9. The highest BCUT2D eigenvalue weighted by Gasteiger charge is 2.38. The van der Waals surface area contributed by atoms with Gasteiger partial charge in [0.25, 0.3) is 0 Å². The van der Waals surface area contributed by atoms with Crippen LogP contribution in [0.5, 0.6) is 0 Å². The monoisotopic (exact) mass is 305 g/mol. The number of furan rings is 1. The quantitative estimate of drug-likeness (QED) is 0.806. The van der Waals surface area contributed by atoms with Crippen LogP contribution < -0.4 is 5.32 Å². The molecular weight excluding hydrogens is 291 g/mol. The number of aliphatic carboxylic acids is 1. The number of rotatable bonds is 4. The zero-order valence-electron chi connectivity index (χ0n) is 11.1. The summed E-state index contributed by atoms with van der Waals surface area (Å²) in [7, 11) is 0. The molecule has 0 aliphatic rings. The molecule has 0 radical (unpaired) electrons. The van der Waals surface area contributed by atoms with Gasteiger partial charge in [0, 0.05) is 18.4 Å². The number of aromatic nitrogens is 2. The second kappa shape index (κ2) is 7.48. The number of halogens is 3. The lowest BCUT2D eigenvalue weighted by Crippen LogP contribution is -2.21. The maximum absolute atomic E-state index is 10.6. The highest BCUT2D eigenvalue weighted by molar-refractivity contribution is 5.73. The van der Waals surface area contributed by atoms with Crippen molar-refractivity contribution < 1.29 is 27.5 Å². The molecule has 2 rings (SSSR count). The third-order valence-electron chi connectivity index (χ3n) is 2.21. The first-order valence-electron chi connectivity index (χ1n) is 5.82. The Bertz CT molecular complexity index is 550. The van der Waals surface area contributed by atoms with Gasteiger partial charge in [-0.3, -0.25) is 0 Å². The first-order valence-corrected chi connectivity index (χ1v) is 5.82. The summed E-state index contributed by atoms with van der Waals surface area (Å²) in [6.45, 7) is 3.46. The van der Waals surface area contributed by atoms with Gasteiger partial charge in [0.1, 0.15) is 11.5 Å². The predicted octanol–water partition coefficient (Wildman–Crippen LogP) is 2.23. The van der Waals surface area contributed by atoms with Gasteiger partial charge in [-0.1, -0.05) is 0 Å². The van der Waals surface area contributed by atoms with Crippen molar-refractivity contribution in [3.8, 4) is 0 Å². The molecule has 2 heterocycles. The van der Waals surface area contributed by atoms with E-state index in [1.54, 1.807) is 12.5 Å². The number of carboxylic acids is 1. The van der Waals surface area contributed by atoms with Gasteiger partial charge in [-0.05, 0) is 19.1 Å². The molecule has 6 nitrogen and oxygen atoms in total. The van der Waals surface area contributed by atoms with Crippen molar-refractivity contribution in [2.45, 2.75) is 26.2 Å². The zero-order valence-corrected chi connectivity index (χ0v) is 11.1. The van der Waals surface area contributed by atoms with Gasteiger partial charge < -0.3 is 19.8 Å². The van der Waals surface area contributed by atoms with Crippen molar-refractivity contribution in [3.05, 3.63) is 41.9 Å². The van der Waals surface area contributed by atoms with Crippen molar-refractivity contribution in [2.75, 3.05) is 0 Å². The van der Waals surface area contributed by atoms with Gasteiger partial charge in [-0.15, -0.1) is 0 Å². The van der Waals surface area contributed by atoms with Gasteiger partial charge in [0.2, 0.25) is 0 Å². The number of aryl methyl sites for hydroxylation is 1. The van der Waals surface area contributed by atoms with Crippen LogP contribution in [-0.2, 0) is 17.9 Å². The fourth-order valence-electron chi connectivity index (χ4n) is 1.28. The fraction of sp³-hybridized carbons (Fsp3) is 0.333. The number of carboxylic acid groups (broad SMARTS) is 1. The number of alkyl halides is 3. The maximum atomic E-state index is 10.6. The van der Waals surface area contributed by atoms with Crippen molar-refractivity contribution in [1.29, 1.82) is 0 Å². The largest absolute Gasteiger partial charge is 0.490 e. The Morgan fingerprint density at radius 1 is 1.43 bits per heavy atom. The SMILES string of the molecule is Cc1ccc(CNCc2cnc[nH]2)o1.O=C(O)C(F)(F)F. The smallest absolute Gasteiger partial charge is 0.475 e. The van der Waals surface area contributed by atoms with E-state index in [-0.39, 0.29) is 0 Å². The molecule has 3 N–H and O–H groups in total. The van der Waals surface area contributed by atoms with Crippen LogP contribution in [0.3, 0.4) is 0 Å². The number of carbonyl (C=O) groups is 1. The minimum atomic E-state index is -5.08. The molecule has 0 aliphatic carbocycles. The van der Waals surface area contributed by atoms with Crippen molar-refractivity contribution in [3.63, 3.8) is 0 Å². The predicted molar refractivity (Wildman–Crippen MR) is 66.3 cm³/mol. The molecule has 0 saturated carbocycles. The van der Waals surface area contributed by atoms with Crippen LogP contribution in [0.25, 0.3) is 0 Å². The second-order valence-corrected chi connectivity index (χ2v) is 4.00. The van der Waals surface area contributed by atoms with Crippen LogP contribution in [0.15, 0.2) is 29.1 Å². The van der Waals surface area contributed by atoms with Gasteiger partial charge >= 0.3 is 12.1 Å². The van der Waals surface area contributed by atoms with Crippen molar-refractivity contribution in [2.24, 2.45) is 0 Å². The summed E-state index contributed by atoms with van der Waals surface area (Å²) in [4.78, 5) is 15.9. The summed E-state index contributed by atoms with van der Waals surface area (Å²) in [5.74, 6) is -0.849. The van der Waals surface area contributed by atoms with Crippen LogP contribution >= 0.6 is 0 Å². The highest BCUT2D eigenvalue weighted by Crippen LogP contribution is 2.13. The summed E-state index contributed by atoms with van der Waals surface area (Å²) in [6.07, 6.45) is -1.60. The molecule has 0 bridgehead atoms. The Morgan fingerprint density at radius 3 is 2.52 bits per heavy atom. The topological polar surface area (TPSA) is 91.2 Å². The molecule has 2 aromatic heterocycles. The average molecular weight is 305 g/mol. The van der Waals surface area contributed by atoms with E-state index in [1.165, 1.54) is 0 Å². The lowest BCUT2D eigenvalue weighted by atomic mass is 10.4. The molecule has 0 unspecified atom stereocenters. The number of imidazole rings is 1. The van der Waals surface area contributed by atoms with Crippen LogP contribution in [0.1, 0.15) is 17.2 Å². The highest BCUT2D eigenvalue weighted by atomic mass is 19.4. The molecule has 116 valence electrons. The molecule has 0 atom stereocenters. The van der Waals surface area contributed by atoms with E-state index in [0.717, 1.165) is 30.3 Å². The van der Waals surface area contributed by atoms with Crippen molar-refractivity contribution >= 4 is 5.97 Å². The van der Waals surface area contributed by atoms with Crippen LogP contribution in [0.4, 0.5) is 13.2 Å². The van der Waals surface area contributed by atoms with Crippen LogP contribution in [-0.4, -0.2) is 27.2 Å². The minimum Gasteiger partial charge on any atom is -0.475 e. The first-order chi connectivity index (χ1) is 9.79. The van der Waals surface area contributed by atoms with E-state index in [0.29, 0.717) is 0 Å². The molecule has 2 aromatic rings. The molecular formula is C12H14F3N3O3. The number of nitrogens with zero attached hydrogens (tertiary/aromatic N) is 1. The summed E-state index contributed by atoms with van der Waals surface area (Å²) in [5.41, 5.74) is 1.08. The molecule has 0 saturated heterocycles. The molecule has 0 aliphatic heterocycles. The standard InChI is InChI=1S/C10H13N3O.C2HF3O2/c1-8-2-3-10(14-8)6-11-4-9-5-12-7-13-9;3-2(4,5)1(6)7/h2-3,5,7,11H,4,6H2,1H3,(H,12,13);(H,6,7). The lowest BCUT2D eigenvalue weighted by Gasteiger charge is -1.99. The number of hydrogen-bond acceptors (Lipinski definition) is 4. The Kier molecular flexibility index (Phi) is 5.97. The Morgan fingerprint density at radius 2 is 2.10 bits per heavy atom. The minimum absolute atomic E-state index is 0.743. The molecule has 9 heteroatoms. The van der Waals surface area contributed by atoms with Gasteiger partial charge in [0.05, 0.1) is 12.9 Å². The van der Waals surface area contributed by atoms with E-state index < -0.39 is 12.1 Å². The summed E-state index contributed by atoms with van der Waals surface area (Å²) in [5, 5.41) is 10.4. The van der Waals surface area contributed by atoms with Crippen LogP contribution in [0, 0.1) is 6.92 Å².